The minimum absolute atomic E-state index is 0.0784. The van der Waals surface area contributed by atoms with Crippen molar-refractivity contribution in [1.29, 1.82) is 0 Å². The van der Waals surface area contributed by atoms with E-state index in [4.69, 9.17) is 9.47 Å². The number of amides is 1. The molecule has 4 heteroatoms. The van der Waals surface area contributed by atoms with E-state index in [1.807, 2.05) is 24.3 Å². The zero-order valence-corrected chi connectivity index (χ0v) is 17.3. The third-order valence-corrected chi connectivity index (χ3v) is 4.72. The molecule has 0 fully saturated rings. The van der Waals surface area contributed by atoms with Crippen molar-refractivity contribution in [2.75, 3.05) is 14.2 Å². The van der Waals surface area contributed by atoms with Gasteiger partial charge in [-0.3, -0.25) is 4.79 Å². The third kappa shape index (κ3) is 11.5. The molecule has 1 amide bonds. The number of carbonyl (C=O) groups excluding carboxylic acids is 1. The molecule has 1 N–H and O–H groups in total. The number of hydrogen-bond acceptors (Lipinski definition) is 3. The Morgan fingerprint density at radius 3 is 2.48 bits per heavy atom. The van der Waals surface area contributed by atoms with Gasteiger partial charge in [0.25, 0.3) is 0 Å². The fourth-order valence-electron chi connectivity index (χ4n) is 2.92. The largest absolute Gasteiger partial charge is 0.497 e. The third-order valence-electron chi connectivity index (χ3n) is 4.72. The Morgan fingerprint density at radius 1 is 1.07 bits per heavy atom. The maximum absolute atomic E-state index is 11.9. The highest BCUT2D eigenvalue weighted by atomic mass is 16.5. The average Bonchev–Trinajstić information content (AvgIpc) is 2.70. The first-order chi connectivity index (χ1) is 13.2. The topological polar surface area (TPSA) is 47.6 Å². The predicted octanol–water partition coefficient (Wildman–Crippen LogP) is 5.41. The lowest BCUT2D eigenvalue weighted by Gasteiger charge is -2.12. The molecular formula is C23H37NO3. The van der Waals surface area contributed by atoms with Crippen LogP contribution in [0.3, 0.4) is 0 Å². The first-order valence-corrected chi connectivity index (χ1v) is 10.3. The number of carbonyl (C=O) groups is 1. The molecule has 0 bridgehead atoms. The Kier molecular flexibility index (Phi) is 13.1. The van der Waals surface area contributed by atoms with E-state index in [1.54, 1.807) is 14.2 Å². The van der Waals surface area contributed by atoms with E-state index >= 15 is 0 Å². The number of nitrogens with one attached hydrogen (secondary N) is 1. The molecule has 1 rings (SSSR count). The fraction of sp³-hybridized carbons (Fsp3) is 0.609. The number of hydrogen-bond donors (Lipinski definition) is 1. The average molecular weight is 376 g/mol. The molecule has 0 aliphatic heterocycles. The van der Waals surface area contributed by atoms with Gasteiger partial charge in [-0.1, -0.05) is 63.3 Å². The molecule has 27 heavy (non-hydrogen) atoms. The Labute approximate surface area is 165 Å². The maximum atomic E-state index is 11.9. The van der Waals surface area contributed by atoms with Gasteiger partial charge < -0.3 is 14.8 Å². The summed E-state index contributed by atoms with van der Waals surface area (Å²) in [6, 6.07) is 7.73. The van der Waals surface area contributed by atoms with Crippen LogP contribution in [0.5, 0.6) is 5.75 Å². The van der Waals surface area contributed by atoms with Gasteiger partial charge in [-0.2, -0.15) is 0 Å². The number of ether oxygens (including phenoxy) is 2. The van der Waals surface area contributed by atoms with Crippen molar-refractivity contribution >= 4 is 5.91 Å². The smallest absolute Gasteiger partial charge is 0.220 e. The predicted molar refractivity (Wildman–Crippen MR) is 112 cm³/mol. The monoisotopic (exact) mass is 375 g/mol. The molecule has 4 nitrogen and oxygen atoms in total. The van der Waals surface area contributed by atoms with Gasteiger partial charge in [0.05, 0.1) is 13.2 Å². The summed E-state index contributed by atoms with van der Waals surface area (Å²) in [6.07, 6.45) is 14.3. The summed E-state index contributed by atoms with van der Waals surface area (Å²) >= 11 is 0. The molecule has 0 saturated carbocycles. The van der Waals surface area contributed by atoms with Crippen LogP contribution in [0.2, 0.25) is 0 Å². The van der Waals surface area contributed by atoms with Crippen LogP contribution in [-0.4, -0.2) is 26.2 Å². The van der Waals surface area contributed by atoms with Crippen molar-refractivity contribution in [2.24, 2.45) is 0 Å². The van der Waals surface area contributed by atoms with Crippen LogP contribution in [0.1, 0.15) is 70.3 Å². The van der Waals surface area contributed by atoms with Gasteiger partial charge in [0.2, 0.25) is 5.91 Å². The van der Waals surface area contributed by atoms with Gasteiger partial charge in [0.1, 0.15) is 5.75 Å². The van der Waals surface area contributed by atoms with Gasteiger partial charge in [-0.25, -0.2) is 0 Å². The normalized spacial score (nSPS) is 12.3. The summed E-state index contributed by atoms with van der Waals surface area (Å²) in [5.74, 6) is 0.903. The Morgan fingerprint density at radius 2 is 1.81 bits per heavy atom. The van der Waals surface area contributed by atoms with E-state index in [9.17, 15) is 4.79 Å². The molecule has 0 aliphatic rings. The molecule has 0 heterocycles. The summed E-state index contributed by atoms with van der Waals surface area (Å²) in [4.78, 5) is 11.9. The standard InChI is InChI=1S/C23H37NO3/c1-4-5-6-7-9-12-21(26-2)13-10-8-11-14-23(25)24-19-20-15-17-22(27-3)18-16-20/h8,10,15-18,21H,4-7,9,11-14,19H2,1-3H3,(H,24,25)/b10-8+/t21-/m0/s1. The number of benzene rings is 1. The van der Waals surface area contributed by atoms with Gasteiger partial charge in [-0.15, -0.1) is 0 Å². The van der Waals surface area contributed by atoms with Crippen molar-refractivity contribution in [3.05, 3.63) is 42.0 Å². The molecule has 152 valence electrons. The Hall–Kier alpha value is -1.81. The van der Waals surface area contributed by atoms with Crippen LogP contribution in [0.4, 0.5) is 0 Å². The van der Waals surface area contributed by atoms with E-state index < -0.39 is 0 Å². The first kappa shape index (κ1) is 23.2. The lowest BCUT2D eigenvalue weighted by molar-refractivity contribution is -0.121. The van der Waals surface area contributed by atoms with E-state index in [0.29, 0.717) is 19.1 Å². The zero-order valence-electron chi connectivity index (χ0n) is 17.3. The highest BCUT2D eigenvalue weighted by molar-refractivity contribution is 5.75. The molecule has 0 spiro atoms. The van der Waals surface area contributed by atoms with Crippen LogP contribution in [-0.2, 0) is 16.1 Å². The zero-order chi connectivity index (χ0) is 19.7. The van der Waals surface area contributed by atoms with Crippen LogP contribution in [0.25, 0.3) is 0 Å². The van der Waals surface area contributed by atoms with Gasteiger partial charge in [-0.05, 0) is 37.0 Å². The van der Waals surface area contributed by atoms with Gasteiger partial charge >= 0.3 is 0 Å². The summed E-state index contributed by atoms with van der Waals surface area (Å²) in [5, 5.41) is 2.95. The second-order valence-corrected chi connectivity index (χ2v) is 6.93. The summed E-state index contributed by atoms with van der Waals surface area (Å²) in [7, 11) is 3.43. The van der Waals surface area contributed by atoms with Gasteiger partial charge in [0.15, 0.2) is 0 Å². The van der Waals surface area contributed by atoms with Crippen LogP contribution >= 0.6 is 0 Å². The van der Waals surface area contributed by atoms with E-state index in [0.717, 1.165) is 30.6 Å². The Bertz CT molecular complexity index is 525. The SMILES string of the molecule is CCCCCCC[C@@H](C/C=C/CCC(=O)NCc1ccc(OC)cc1)OC. The van der Waals surface area contributed by atoms with Crippen molar-refractivity contribution in [2.45, 2.75) is 77.4 Å². The quantitative estimate of drug-likeness (QED) is 0.329. The molecule has 0 radical (unpaired) electrons. The summed E-state index contributed by atoms with van der Waals surface area (Å²) in [6.45, 7) is 2.79. The van der Waals surface area contributed by atoms with Crippen molar-refractivity contribution in [1.82, 2.24) is 5.32 Å². The lowest BCUT2D eigenvalue weighted by atomic mass is 10.1. The number of allylic oxidation sites excluding steroid dienone is 1. The Balaban J connectivity index is 2.12. The molecule has 0 aliphatic carbocycles. The second-order valence-electron chi connectivity index (χ2n) is 6.93. The molecule has 1 aromatic rings. The van der Waals surface area contributed by atoms with Crippen LogP contribution in [0, 0.1) is 0 Å². The molecule has 0 unspecified atom stereocenters. The highest BCUT2D eigenvalue weighted by Gasteiger charge is 2.05. The molecule has 0 aromatic heterocycles. The van der Waals surface area contributed by atoms with Crippen LogP contribution < -0.4 is 10.1 Å². The van der Waals surface area contributed by atoms with Crippen molar-refractivity contribution in [3.8, 4) is 5.75 Å². The first-order valence-electron chi connectivity index (χ1n) is 10.3. The molecule has 0 saturated heterocycles. The van der Waals surface area contributed by atoms with E-state index in [1.165, 1.54) is 32.1 Å². The van der Waals surface area contributed by atoms with Crippen LogP contribution in [0.15, 0.2) is 36.4 Å². The summed E-state index contributed by atoms with van der Waals surface area (Å²) < 4.78 is 10.7. The molecular weight excluding hydrogens is 338 g/mol. The maximum Gasteiger partial charge on any atom is 0.220 e. The van der Waals surface area contributed by atoms with E-state index in [2.05, 4.69) is 24.4 Å². The van der Waals surface area contributed by atoms with Crippen molar-refractivity contribution in [3.63, 3.8) is 0 Å². The number of rotatable bonds is 15. The summed E-state index contributed by atoms with van der Waals surface area (Å²) in [5.41, 5.74) is 1.07. The highest BCUT2D eigenvalue weighted by Crippen LogP contribution is 2.13. The second kappa shape index (κ2) is 15.3. The fourth-order valence-corrected chi connectivity index (χ4v) is 2.92. The van der Waals surface area contributed by atoms with Crippen molar-refractivity contribution < 1.29 is 14.3 Å². The number of methoxy groups -OCH3 is 2. The minimum Gasteiger partial charge on any atom is -0.497 e. The van der Waals surface area contributed by atoms with E-state index in [-0.39, 0.29) is 5.91 Å². The lowest BCUT2D eigenvalue weighted by Crippen LogP contribution is -2.22. The molecule has 1 aromatic carbocycles. The number of unbranched alkanes of at least 4 members (excludes halogenated alkanes) is 4. The minimum atomic E-state index is 0.0784. The van der Waals surface area contributed by atoms with Gasteiger partial charge in [0, 0.05) is 20.1 Å². The molecule has 1 atom stereocenters.